The average Bonchev–Trinajstić information content (AvgIpc) is 3.02. The number of hydrazine groups is 1. The summed E-state index contributed by atoms with van der Waals surface area (Å²) in [5.41, 5.74) is 7.36. The maximum absolute atomic E-state index is 10.9. The normalized spacial score (nSPS) is 11.4. The molecule has 0 unspecified atom stereocenters. The van der Waals surface area contributed by atoms with Crippen LogP contribution in [0.5, 0.6) is 0 Å². The van der Waals surface area contributed by atoms with E-state index in [0.717, 1.165) is 0 Å². The summed E-state index contributed by atoms with van der Waals surface area (Å²) < 4.78 is 64.7. The molecule has 0 spiro atoms. The molecule has 16 heteroatoms. The zero-order chi connectivity index (χ0) is 31.2. The molecule has 0 saturated heterocycles. The van der Waals surface area contributed by atoms with Crippen molar-refractivity contribution < 1.29 is 61.6 Å². The molecular weight excluding hydrogens is 574 g/mol. The predicted octanol–water partition coefficient (Wildman–Crippen LogP) is -1.48. The molecule has 5 N–H and O–H groups in total. The van der Waals surface area contributed by atoms with Crippen molar-refractivity contribution in [3.63, 3.8) is 0 Å². The topological polar surface area (TPSA) is 192 Å². The van der Waals surface area contributed by atoms with Gasteiger partial charge in [0.15, 0.2) is 0 Å². The van der Waals surface area contributed by atoms with Crippen LogP contribution in [0.1, 0.15) is 6.42 Å². The molecule has 0 aromatic heterocycles. The minimum atomic E-state index is -0.259. The number of carbonyl (C=O) groups is 1. The Morgan fingerprint density at radius 1 is 0.349 bits per heavy atom. The van der Waals surface area contributed by atoms with Crippen LogP contribution in [0.15, 0.2) is 0 Å². The molecule has 0 aliphatic rings. The van der Waals surface area contributed by atoms with Gasteiger partial charge in [-0.25, -0.2) is 5.84 Å². The number of nitrogens with one attached hydrogen (secondary N) is 1. The van der Waals surface area contributed by atoms with Crippen molar-refractivity contribution in [2.45, 2.75) is 6.42 Å². The smallest absolute Gasteiger partial charge is 0.236 e. The van der Waals surface area contributed by atoms with E-state index in [2.05, 4.69) is 0 Å². The molecule has 43 heavy (non-hydrogen) atoms. The molecule has 0 aromatic rings. The second-order valence-corrected chi connectivity index (χ2v) is 8.45. The average molecular weight is 632 g/mol. The number of hydrogen-bond donors (Lipinski definition) is 3. The lowest BCUT2D eigenvalue weighted by Crippen LogP contribution is -2.30. The summed E-state index contributed by atoms with van der Waals surface area (Å²) in [6, 6.07) is 0. The van der Waals surface area contributed by atoms with Crippen LogP contribution in [-0.4, -0.2) is 171 Å². The van der Waals surface area contributed by atoms with Gasteiger partial charge >= 0.3 is 0 Å². The molecule has 1 amide bonds. The van der Waals surface area contributed by atoms with Crippen LogP contribution in [0.3, 0.4) is 0 Å². The van der Waals surface area contributed by atoms with Crippen LogP contribution in [0.25, 0.3) is 0 Å². The van der Waals surface area contributed by atoms with E-state index in [1.54, 1.807) is 0 Å². The number of ether oxygens (including phenoxy) is 12. The van der Waals surface area contributed by atoms with Gasteiger partial charge in [-0.05, 0) is 0 Å². The van der Waals surface area contributed by atoms with Gasteiger partial charge in [-0.3, -0.25) is 10.2 Å². The fraction of sp³-hybridized carbons (Fsp3) is 0.963. The molecule has 0 aliphatic carbocycles. The van der Waals surface area contributed by atoms with Crippen LogP contribution in [0.2, 0.25) is 0 Å². The lowest BCUT2D eigenvalue weighted by molar-refractivity contribution is -0.122. The monoisotopic (exact) mass is 631 g/mol. The molecule has 0 bridgehead atoms. The van der Waals surface area contributed by atoms with Crippen molar-refractivity contribution in [3.05, 3.63) is 0 Å². The summed E-state index contributed by atoms with van der Waals surface area (Å²) in [4.78, 5) is 10.9. The Bertz CT molecular complexity index is 542. The first kappa shape index (κ1) is 41.9. The Kier molecular flexibility index (Phi) is 37.9. The van der Waals surface area contributed by atoms with Gasteiger partial charge in [0.1, 0.15) is 0 Å². The van der Waals surface area contributed by atoms with Crippen LogP contribution in [0, 0.1) is 0 Å². The number of amides is 1. The first-order chi connectivity index (χ1) is 21.3. The Morgan fingerprint density at radius 2 is 0.535 bits per heavy atom. The zero-order valence-electron chi connectivity index (χ0n) is 25.8. The fourth-order valence-corrected chi connectivity index (χ4v) is 2.84. The van der Waals surface area contributed by atoms with E-state index in [4.69, 9.17) is 68.4 Å². The molecule has 258 valence electrons. The van der Waals surface area contributed by atoms with Gasteiger partial charge in [-0.2, -0.15) is 0 Å². The maximum Gasteiger partial charge on any atom is 0.236 e. The second-order valence-electron chi connectivity index (χ2n) is 8.45. The number of rotatable bonds is 38. The molecule has 0 radical (unpaired) electrons. The molecule has 0 heterocycles. The van der Waals surface area contributed by atoms with Gasteiger partial charge in [0.2, 0.25) is 5.91 Å². The van der Waals surface area contributed by atoms with Crippen molar-refractivity contribution in [2.75, 3.05) is 165 Å². The zero-order valence-corrected chi connectivity index (χ0v) is 25.8. The van der Waals surface area contributed by atoms with Crippen LogP contribution in [-0.2, 0) is 61.6 Å². The number of nitrogens with two attached hydrogens (primary N) is 2. The summed E-state index contributed by atoms with van der Waals surface area (Å²) in [7, 11) is 0. The Morgan fingerprint density at radius 3 is 0.721 bits per heavy atom. The summed E-state index contributed by atoms with van der Waals surface area (Å²) in [6.45, 7) is 12.3. The molecular formula is C27H57N3O13. The number of hydrogen-bond acceptors (Lipinski definition) is 15. The third kappa shape index (κ3) is 38.9. The van der Waals surface area contributed by atoms with Gasteiger partial charge in [0, 0.05) is 6.54 Å². The van der Waals surface area contributed by atoms with Gasteiger partial charge in [-0.1, -0.05) is 0 Å². The largest absolute Gasteiger partial charge is 0.379 e. The van der Waals surface area contributed by atoms with E-state index in [-0.39, 0.29) is 12.3 Å². The van der Waals surface area contributed by atoms with Crippen molar-refractivity contribution in [3.8, 4) is 0 Å². The van der Waals surface area contributed by atoms with Crippen molar-refractivity contribution in [1.82, 2.24) is 5.43 Å². The molecule has 0 atom stereocenters. The van der Waals surface area contributed by atoms with E-state index >= 15 is 0 Å². The SMILES string of the molecule is NCCOCCOCCOCCOCCOCCOCCOCCOCCOCCOCCOCCOCCC(=O)NN. The maximum atomic E-state index is 10.9. The summed E-state index contributed by atoms with van der Waals surface area (Å²) in [5, 5.41) is 0. The third-order valence-electron chi connectivity index (χ3n) is 4.99. The molecule has 0 aliphatic heterocycles. The Balaban J connectivity index is 3.04. The summed E-state index contributed by atoms with van der Waals surface area (Å²) in [6.07, 6.45) is 0.230. The standard InChI is InChI=1S/C27H57N3O13/c28-2-4-33-6-8-35-10-12-37-14-16-39-18-20-41-22-24-43-26-25-42-23-21-40-19-17-38-15-13-36-11-9-34-7-5-32-3-1-27(31)30-29/h1-26,28-29H2,(H,30,31). The molecule has 0 fully saturated rings. The van der Waals surface area contributed by atoms with Gasteiger partial charge in [-0.15, -0.1) is 0 Å². The van der Waals surface area contributed by atoms with Gasteiger partial charge < -0.3 is 62.6 Å². The van der Waals surface area contributed by atoms with Crippen LogP contribution in [0.4, 0.5) is 0 Å². The second kappa shape index (κ2) is 38.9. The fourth-order valence-electron chi connectivity index (χ4n) is 2.84. The minimum Gasteiger partial charge on any atom is -0.379 e. The van der Waals surface area contributed by atoms with E-state index in [9.17, 15) is 4.79 Å². The predicted molar refractivity (Wildman–Crippen MR) is 156 cm³/mol. The minimum absolute atomic E-state index is 0.230. The molecule has 0 aromatic carbocycles. The van der Waals surface area contributed by atoms with E-state index in [1.807, 2.05) is 5.43 Å². The van der Waals surface area contributed by atoms with Crippen molar-refractivity contribution in [2.24, 2.45) is 11.6 Å². The van der Waals surface area contributed by atoms with Crippen LogP contribution < -0.4 is 17.0 Å². The van der Waals surface area contributed by atoms with E-state index < -0.39 is 0 Å². The highest BCUT2D eigenvalue weighted by molar-refractivity contribution is 5.75. The summed E-state index contributed by atoms with van der Waals surface area (Å²) >= 11 is 0. The highest BCUT2D eigenvalue weighted by Crippen LogP contribution is 1.88. The molecule has 0 rings (SSSR count). The lowest BCUT2D eigenvalue weighted by atomic mass is 10.4. The Hall–Kier alpha value is -1.09. The van der Waals surface area contributed by atoms with E-state index in [1.165, 1.54) is 0 Å². The van der Waals surface area contributed by atoms with Crippen molar-refractivity contribution in [1.29, 1.82) is 0 Å². The van der Waals surface area contributed by atoms with Crippen molar-refractivity contribution >= 4 is 5.91 Å². The first-order valence-electron chi connectivity index (χ1n) is 14.9. The number of carbonyl (C=O) groups excluding carboxylic acids is 1. The Labute approximate surface area is 256 Å². The van der Waals surface area contributed by atoms with Crippen LogP contribution >= 0.6 is 0 Å². The van der Waals surface area contributed by atoms with E-state index in [0.29, 0.717) is 165 Å². The lowest BCUT2D eigenvalue weighted by Gasteiger charge is -2.09. The molecule has 16 nitrogen and oxygen atoms in total. The first-order valence-corrected chi connectivity index (χ1v) is 14.9. The van der Waals surface area contributed by atoms with Gasteiger partial charge in [0.25, 0.3) is 0 Å². The third-order valence-corrected chi connectivity index (χ3v) is 4.99. The van der Waals surface area contributed by atoms with Gasteiger partial charge in [0.05, 0.1) is 165 Å². The molecule has 0 saturated carbocycles. The summed E-state index contributed by atoms with van der Waals surface area (Å²) in [5.74, 6) is 4.71. The quantitative estimate of drug-likeness (QED) is 0.0309. The highest BCUT2D eigenvalue weighted by atomic mass is 16.6. The highest BCUT2D eigenvalue weighted by Gasteiger charge is 1.98.